The number of thiophene rings is 1. The summed E-state index contributed by atoms with van der Waals surface area (Å²) < 4.78 is 0. The highest BCUT2D eigenvalue weighted by molar-refractivity contribution is 7.09. The van der Waals surface area contributed by atoms with E-state index in [9.17, 15) is 0 Å². The number of nitrogens with zero attached hydrogens (tertiary/aromatic N) is 1. The second-order valence-corrected chi connectivity index (χ2v) is 4.88. The number of rotatable bonds is 2. The van der Waals surface area contributed by atoms with Crippen LogP contribution < -0.4 is 5.73 Å². The molecule has 0 saturated carbocycles. The normalized spacial score (nSPS) is 11.2. The summed E-state index contributed by atoms with van der Waals surface area (Å²) >= 11 is 7.85. The first-order valence-corrected chi connectivity index (χ1v) is 6.51. The first-order valence-electron chi connectivity index (χ1n) is 5.19. The van der Waals surface area contributed by atoms with Gasteiger partial charge in [0, 0.05) is 22.9 Å². The van der Waals surface area contributed by atoms with Crippen LogP contribution in [0.4, 0.5) is 0 Å². The molecular formula is C12H10ClN3S. The molecule has 0 aliphatic rings. The first kappa shape index (κ1) is 10.8. The molecule has 3 rings (SSSR count). The molecule has 0 spiro atoms. The number of nitrogens with two attached hydrogens (primary N) is 1. The molecule has 0 saturated heterocycles. The maximum Gasteiger partial charge on any atom is 0.140 e. The molecule has 0 fully saturated rings. The number of benzene rings is 1. The predicted octanol–water partition coefficient (Wildman–Crippen LogP) is 3.40. The molecule has 5 heteroatoms. The summed E-state index contributed by atoms with van der Waals surface area (Å²) in [6.45, 7) is 0.448. The third kappa shape index (κ3) is 1.74. The zero-order valence-electron chi connectivity index (χ0n) is 8.90. The number of aromatic amines is 1. The highest BCUT2D eigenvalue weighted by Gasteiger charge is 2.12. The van der Waals surface area contributed by atoms with Crippen molar-refractivity contribution >= 4 is 34.0 Å². The zero-order valence-corrected chi connectivity index (χ0v) is 10.5. The second-order valence-electron chi connectivity index (χ2n) is 3.73. The van der Waals surface area contributed by atoms with Crippen LogP contribution in [0.2, 0.25) is 5.02 Å². The van der Waals surface area contributed by atoms with Crippen LogP contribution in [0.5, 0.6) is 0 Å². The minimum Gasteiger partial charge on any atom is -0.337 e. The van der Waals surface area contributed by atoms with Crippen LogP contribution in [0.3, 0.4) is 0 Å². The Balaban J connectivity index is 2.24. The van der Waals surface area contributed by atoms with E-state index in [0.717, 1.165) is 28.0 Å². The van der Waals surface area contributed by atoms with Crippen molar-refractivity contribution in [2.75, 3.05) is 0 Å². The molecule has 0 unspecified atom stereocenters. The highest BCUT2D eigenvalue weighted by atomic mass is 35.5. The Morgan fingerprint density at radius 1 is 1.35 bits per heavy atom. The number of hydrogen-bond donors (Lipinski definition) is 2. The quantitative estimate of drug-likeness (QED) is 0.744. The van der Waals surface area contributed by atoms with E-state index < -0.39 is 0 Å². The number of aromatic nitrogens is 2. The van der Waals surface area contributed by atoms with Gasteiger partial charge in [0.15, 0.2) is 0 Å². The number of H-pyrrole nitrogens is 1. The number of hydrogen-bond acceptors (Lipinski definition) is 3. The summed E-state index contributed by atoms with van der Waals surface area (Å²) in [6.07, 6.45) is 0. The minimum atomic E-state index is 0.448. The highest BCUT2D eigenvalue weighted by Crippen LogP contribution is 2.31. The maximum atomic E-state index is 6.22. The Morgan fingerprint density at radius 2 is 2.24 bits per heavy atom. The lowest BCUT2D eigenvalue weighted by molar-refractivity contribution is 1.07. The summed E-state index contributed by atoms with van der Waals surface area (Å²) in [5.74, 6) is 0.786. The minimum absolute atomic E-state index is 0.448. The molecule has 0 amide bonds. The van der Waals surface area contributed by atoms with Gasteiger partial charge < -0.3 is 10.7 Å². The van der Waals surface area contributed by atoms with E-state index in [1.165, 1.54) is 0 Å². The van der Waals surface area contributed by atoms with Crippen LogP contribution in [0.15, 0.2) is 29.0 Å². The zero-order chi connectivity index (χ0) is 11.8. The van der Waals surface area contributed by atoms with Crippen molar-refractivity contribution in [3.63, 3.8) is 0 Å². The van der Waals surface area contributed by atoms with Gasteiger partial charge in [-0.2, -0.15) is 0 Å². The van der Waals surface area contributed by atoms with Crippen molar-refractivity contribution in [2.24, 2.45) is 5.73 Å². The van der Waals surface area contributed by atoms with E-state index in [4.69, 9.17) is 17.3 Å². The van der Waals surface area contributed by atoms with Gasteiger partial charge in [-0.15, -0.1) is 11.3 Å². The number of halogens is 1. The van der Waals surface area contributed by atoms with Crippen molar-refractivity contribution < 1.29 is 0 Å². The third-order valence-electron chi connectivity index (χ3n) is 2.68. The fourth-order valence-corrected chi connectivity index (χ4v) is 2.84. The van der Waals surface area contributed by atoms with Crippen LogP contribution in [0, 0.1) is 0 Å². The summed E-state index contributed by atoms with van der Waals surface area (Å²) in [5, 5.41) is 4.71. The Bertz CT molecular complexity index is 643. The van der Waals surface area contributed by atoms with Gasteiger partial charge in [0.05, 0.1) is 16.1 Å². The van der Waals surface area contributed by atoms with Gasteiger partial charge >= 0.3 is 0 Å². The predicted molar refractivity (Wildman–Crippen MR) is 72.3 cm³/mol. The molecule has 3 aromatic rings. The molecule has 2 heterocycles. The largest absolute Gasteiger partial charge is 0.337 e. The van der Waals surface area contributed by atoms with Crippen molar-refractivity contribution in [3.8, 4) is 11.4 Å². The van der Waals surface area contributed by atoms with Crippen LogP contribution >= 0.6 is 22.9 Å². The van der Waals surface area contributed by atoms with Gasteiger partial charge in [-0.05, 0) is 11.6 Å². The summed E-state index contributed by atoms with van der Waals surface area (Å²) in [7, 11) is 0. The first-order chi connectivity index (χ1) is 8.29. The summed E-state index contributed by atoms with van der Waals surface area (Å²) in [4.78, 5) is 7.79. The molecule has 0 atom stereocenters. The van der Waals surface area contributed by atoms with E-state index in [1.807, 2.05) is 29.0 Å². The molecule has 2 aromatic heterocycles. The average Bonchev–Trinajstić information content (AvgIpc) is 2.88. The van der Waals surface area contributed by atoms with Crippen LogP contribution in [-0.4, -0.2) is 9.97 Å². The lowest BCUT2D eigenvalue weighted by Crippen LogP contribution is -2.00. The molecule has 0 radical (unpaired) electrons. The topological polar surface area (TPSA) is 54.7 Å². The molecular weight excluding hydrogens is 254 g/mol. The van der Waals surface area contributed by atoms with E-state index >= 15 is 0 Å². The van der Waals surface area contributed by atoms with Gasteiger partial charge in [-0.25, -0.2) is 4.98 Å². The third-order valence-corrected chi connectivity index (χ3v) is 3.73. The fourth-order valence-electron chi connectivity index (χ4n) is 1.87. The average molecular weight is 264 g/mol. The van der Waals surface area contributed by atoms with E-state index in [2.05, 4.69) is 9.97 Å². The second kappa shape index (κ2) is 4.14. The molecule has 0 aliphatic carbocycles. The molecule has 1 aromatic carbocycles. The Labute approximate surface area is 107 Å². The molecule has 86 valence electrons. The van der Waals surface area contributed by atoms with Gasteiger partial charge in [-0.3, -0.25) is 0 Å². The van der Waals surface area contributed by atoms with Crippen molar-refractivity contribution in [1.29, 1.82) is 0 Å². The lowest BCUT2D eigenvalue weighted by atomic mass is 10.1. The van der Waals surface area contributed by atoms with E-state index in [0.29, 0.717) is 11.6 Å². The van der Waals surface area contributed by atoms with Crippen LogP contribution in [0.25, 0.3) is 22.4 Å². The van der Waals surface area contributed by atoms with Crippen molar-refractivity contribution in [2.45, 2.75) is 6.54 Å². The smallest absolute Gasteiger partial charge is 0.140 e. The summed E-state index contributed by atoms with van der Waals surface area (Å²) in [6, 6.07) is 5.72. The fraction of sp³-hybridized carbons (Fsp3) is 0.0833. The maximum absolute atomic E-state index is 6.22. The van der Waals surface area contributed by atoms with Gasteiger partial charge in [0.25, 0.3) is 0 Å². The Morgan fingerprint density at radius 3 is 3.00 bits per heavy atom. The van der Waals surface area contributed by atoms with Crippen molar-refractivity contribution in [3.05, 3.63) is 39.5 Å². The SMILES string of the molecule is NCc1cccc(Cl)c1-c1nc2cscc2[nH]1. The van der Waals surface area contributed by atoms with E-state index in [1.54, 1.807) is 11.3 Å². The Hall–Kier alpha value is -1.36. The summed E-state index contributed by atoms with van der Waals surface area (Å²) in [5.41, 5.74) is 9.63. The number of fused-ring (bicyclic) bond motifs is 1. The molecule has 3 N–H and O–H groups in total. The number of imidazole rings is 1. The Kier molecular flexibility index (Phi) is 2.63. The molecule has 0 aliphatic heterocycles. The molecule has 3 nitrogen and oxygen atoms in total. The molecule has 0 bridgehead atoms. The lowest BCUT2D eigenvalue weighted by Gasteiger charge is -2.06. The van der Waals surface area contributed by atoms with Crippen molar-refractivity contribution in [1.82, 2.24) is 9.97 Å². The van der Waals surface area contributed by atoms with Gasteiger partial charge in [0.1, 0.15) is 5.82 Å². The monoisotopic (exact) mass is 263 g/mol. The number of nitrogens with one attached hydrogen (secondary N) is 1. The standard InChI is InChI=1S/C12H10ClN3S/c13-8-3-1-2-7(4-14)11(8)12-15-9-5-17-6-10(9)16-12/h1-3,5-6H,4,14H2,(H,15,16). The van der Waals surface area contributed by atoms with Crippen LogP contribution in [0.1, 0.15) is 5.56 Å². The molecule has 17 heavy (non-hydrogen) atoms. The van der Waals surface area contributed by atoms with Gasteiger partial charge in [-0.1, -0.05) is 23.7 Å². The van der Waals surface area contributed by atoms with Gasteiger partial charge in [0.2, 0.25) is 0 Å². The van der Waals surface area contributed by atoms with Crippen LogP contribution in [-0.2, 0) is 6.54 Å². The van der Waals surface area contributed by atoms with E-state index in [-0.39, 0.29) is 0 Å².